The van der Waals surface area contributed by atoms with Crippen molar-refractivity contribution < 1.29 is 23.1 Å². The first-order valence-corrected chi connectivity index (χ1v) is 9.00. The second kappa shape index (κ2) is 6.15. The Labute approximate surface area is 142 Å². The summed E-state index contributed by atoms with van der Waals surface area (Å²) in [5.41, 5.74) is 6.28. The van der Waals surface area contributed by atoms with Gasteiger partial charge in [0.2, 0.25) is 5.88 Å². The summed E-state index contributed by atoms with van der Waals surface area (Å²) in [4.78, 5) is 18.9. The Hall–Kier alpha value is -2.98. The van der Waals surface area contributed by atoms with Gasteiger partial charge in [0.15, 0.2) is 15.2 Å². The summed E-state index contributed by atoms with van der Waals surface area (Å²) in [7, 11) is -3.51. The number of benzene rings is 1. The summed E-state index contributed by atoms with van der Waals surface area (Å²) in [6, 6.07) is 7.82. The van der Waals surface area contributed by atoms with E-state index in [4.69, 9.17) is 15.6 Å². The molecule has 1 aromatic carbocycles. The molecular weight excluding hydrogens is 348 g/mol. The topological polar surface area (TPSA) is 137 Å². The van der Waals surface area contributed by atoms with Gasteiger partial charge >= 0.3 is 6.09 Å². The van der Waals surface area contributed by atoms with Crippen molar-refractivity contribution in [2.45, 2.75) is 5.37 Å². The Balaban J connectivity index is 1.90. The first-order valence-electron chi connectivity index (χ1n) is 7.04. The standard InChI is InChI=1S/C15H14N4O5S/c1-25(22,23)14(16)11-7-13(18-8-17-11)24-10-2-3-12-9(6-10)4-5-19(12)15(20)21/h2-8,14H,16H2,1H3,(H,20,21). The lowest BCUT2D eigenvalue weighted by Crippen LogP contribution is -2.21. The summed E-state index contributed by atoms with van der Waals surface area (Å²) < 4.78 is 29.7. The van der Waals surface area contributed by atoms with Crippen molar-refractivity contribution in [2.24, 2.45) is 5.73 Å². The van der Waals surface area contributed by atoms with Crippen LogP contribution in [0, 0.1) is 0 Å². The van der Waals surface area contributed by atoms with E-state index < -0.39 is 21.3 Å². The molecule has 25 heavy (non-hydrogen) atoms. The lowest BCUT2D eigenvalue weighted by Gasteiger charge is -2.10. The van der Waals surface area contributed by atoms with Crippen LogP contribution in [0.25, 0.3) is 10.9 Å². The van der Waals surface area contributed by atoms with Crippen molar-refractivity contribution in [1.82, 2.24) is 14.5 Å². The number of nitrogens with zero attached hydrogens (tertiary/aromatic N) is 3. The number of fused-ring (bicyclic) bond motifs is 1. The van der Waals surface area contributed by atoms with Crippen LogP contribution in [-0.2, 0) is 9.84 Å². The third kappa shape index (κ3) is 3.44. The molecule has 0 aliphatic rings. The van der Waals surface area contributed by atoms with Crippen LogP contribution in [-0.4, -0.2) is 40.4 Å². The lowest BCUT2D eigenvalue weighted by molar-refractivity contribution is 0.197. The first-order chi connectivity index (χ1) is 11.8. The normalized spacial score (nSPS) is 12.9. The van der Waals surface area contributed by atoms with Gasteiger partial charge < -0.3 is 15.6 Å². The minimum absolute atomic E-state index is 0.116. The Kier molecular flexibility index (Phi) is 4.15. The zero-order valence-corrected chi connectivity index (χ0v) is 13.8. The van der Waals surface area contributed by atoms with Gasteiger partial charge in [-0.15, -0.1) is 0 Å². The number of rotatable bonds is 4. The van der Waals surface area contributed by atoms with Gasteiger partial charge in [0.05, 0.1) is 11.2 Å². The molecule has 0 spiro atoms. The van der Waals surface area contributed by atoms with Crippen LogP contribution >= 0.6 is 0 Å². The highest BCUT2D eigenvalue weighted by molar-refractivity contribution is 7.90. The molecule has 2 aromatic heterocycles. The number of hydrogen-bond donors (Lipinski definition) is 2. The monoisotopic (exact) mass is 362 g/mol. The quantitative estimate of drug-likeness (QED) is 0.716. The van der Waals surface area contributed by atoms with E-state index in [1.807, 2.05) is 0 Å². The summed E-state index contributed by atoms with van der Waals surface area (Å²) in [5, 5.41) is 8.47. The molecule has 0 amide bonds. The Bertz CT molecular complexity index is 1060. The zero-order chi connectivity index (χ0) is 18.2. The summed E-state index contributed by atoms with van der Waals surface area (Å²) in [5.74, 6) is 0.536. The van der Waals surface area contributed by atoms with Gasteiger partial charge in [0, 0.05) is 23.9 Å². The van der Waals surface area contributed by atoms with Gasteiger partial charge in [0.1, 0.15) is 12.1 Å². The van der Waals surface area contributed by atoms with Crippen molar-refractivity contribution in [3.8, 4) is 11.6 Å². The molecule has 9 nitrogen and oxygen atoms in total. The molecule has 0 radical (unpaired) electrons. The highest BCUT2D eigenvalue weighted by Crippen LogP contribution is 2.26. The van der Waals surface area contributed by atoms with E-state index in [1.165, 1.54) is 12.3 Å². The van der Waals surface area contributed by atoms with Crippen LogP contribution in [0.15, 0.2) is 42.9 Å². The molecule has 2 heterocycles. The molecular formula is C15H14N4O5S. The second-order valence-electron chi connectivity index (χ2n) is 5.32. The zero-order valence-electron chi connectivity index (χ0n) is 13.0. The Morgan fingerprint density at radius 2 is 2.04 bits per heavy atom. The van der Waals surface area contributed by atoms with Crippen molar-refractivity contribution >= 4 is 26.8 Å². The average molecular weight is 362 g/mol. The molecule has 3 rings (SSSR count). The number of sulfone groups is 1. The van der Waals surface area contributed by atoms with E-state index in [-0.39, 0.29) is 11.6 Å². The van der Waals surface area contributed by atoms with Gasteiger partial charge in [-0.2, -0.15) is 0 Å². The molecule has 1 unspecified atom stereocenters. The molecule has 0 aliphatic carbocycles. The third-order valence-electron chi connectivity index (χ3n) is 3.51. The second-order valence-corrected chi connectivity index (χ2v) is 7.49. The maximum atomic E-state index is 11.5. The van der Waals surface area contributed by atoms with Crippen LogP contribution in [0.4, 0.5) is 4.79 Å². The maximum absolute atomic E-state index is 11.5. The molecule has 0 fully saturated rings. The van der Waals surface area contributed by atoms with Crippen LogP contribution in [0.2, 0.25) is 0 Å². The van der Waals surface area contributed by atoms with Gasteiger partial charge in [0.25, 0.3) is 0 Å². The number of ether oxygens (including phenoxy) is 1. The Morgan fingerprint density at radius 1 is 1.28 bits per heavy atom. The highest BCUT2D eigenvalue weighted by Gasteiger charge is 2.20. The van der Waals surface area contributed by atoms with Crippen LogP contribution in [0.5, 0.6) is 11.6 Å². The molecule has 0 bridgehead atoms. The largest absolute Gasteiger partial charge is 0.464 e. The maximum Gasteiger partial charge on any atom is 0.415 e. The fourth-order valence-corrected chi connectivity index (χ4v) is 2.82. The molecule has 10 heteroatoms. The molecule has 1 atom stereocenters. The molecule has 130 valence electrons. The summed E-state index contributed by atoms with van der Waals surface area (Å²) in [6.45, 7) is 0. The summed E-state index contributed by atoms with van der Waals surface area (Å²) >= 11 is 0. The van der Waals surface area contributed by atoms with E-state index in [1.54, 1.807) is 24.3 Å². The summed E-state index contributed by atoms with van der Waals surface area (Å²) in [6.07, 6.45) is 2.53. The number of hydrogen-bond acceptors (Lipinski definition) is 7. The van der Waals surface area contributed by atoms with Crippen molar-refractivity contribution in [2.75, 3.05) is 6.26 Å². The predicted octanol–water partition coefficient (Wildman–Crippen LogP) is 1.75. The van der Waals surface area contributed by atoms with Crippen LogP contribution < -0.4 is 10.5 Å². The van der Waals surface area contributed by atoms with Gasteiger partial charge in [-0.1, -0.05) is 0 Å². The van der Waals surface area contributed by atoms with Crippen LogP contribution in [0.3, 0.4) is 0 Å². The first kappa shape index (κ1) is 16.9. The molecule has 3 N–H and O–H groups in total. The van der Waals surface area contributed by atoms with Gasteiger partial charge in [-0.25, -0.2) is 23.2 Å². The molecule has 0 saturated heterocycles. The number of carboxylic acid groups (broad SMARTS) is 1. The predicted molar refractivity (Wildman–Crippen MR) is 89.2 cm³/mol. The number of nitrogens with two attached hydrogens (primary N) is 1. The SMILES string of the molecule is CS(=O)(=O)C(N)c1cc(Oc2ccc3c(ccn3C(=O)O)c2)ncn1. The van der Waals surface area contributed by atoms with Crippen molar-refractivity contribution in [3.05, 3.63) is 48.5 Å². The van der Waals surface area contributed by atoms with E-state index in [0.717, 1.165) is 17.2 Å². The molecule has 3 aromatic rings. The van der Waals surface area contributed by atoms with E-state index in [2.05, 4.69) is 9.97 Å². The van der Waals surface area contributed by atoms with E-state index in [0.29, 0.717) is 16.7 Å². The lowest BCUT2D eigenvalue weighted by atomic mass is 10.2. The number of carbonyl (C=O) groups is 1. The highest BCUT2D eigenvalue weighted by atomic mass is 32.2. The number of aromatic nitrogens is 3. The van der Waals surface area contributed by atoms with Gasteiger partial charge in [-0.3, -0.25) is 4.57 Å². The molecule has 0 aliphatic heterocycles. The molecule has 0 saturated carbocycles. The average Bonchev–Trinajstić information content (AvgIpc) is 2.97. The minimum Gasteiger partial charge on any atom is -0.464 e. The van der Waals surface area contributed by atoms with Gasteiger partial charge in [-0.05, 0) is 24.3 Å². The third-order valence-corrected chi connectivity index (χ3v) is 4.67. The van der Waals surface area contributed by atoms with Crippen molar-refractivity contribution in [1.29, 1.82) is 0 Å². The smallest absolute Gasteiger partial charge is 0.415 e. The van der Waals surface area contributed by atoms with Crippen LogP contribution in [0.1, 0.15) is 11.1 Å². The van der Waals surface area contributed by atoms with E-state index >= 15 is 0 Å². The van der Waals surface area contributed by atoms with Crippen molar-refractivity contribution in [3.63, 3.8) is 0 Å². The Morgan fingerprint density at radius 3 is 2.72 bits per heavy atom. The fraction of sp³-hybridized carbons (Fsp3) is 0.133. The van der Waals surface area contributed by atoms with E-state index in [9.17, 15) is 13.2 Å². The minimum atomic E-state index is -3.51. The fourth-order valence-electron chi connectivity index (χ4n) is 2.26.